The molecule has 0 aliphatic rings. The second-order valence-electron chi connectivity index (χ2n) is 3.75. The van der Waals surface area contributed by atoms with E-state index in [0.717, 1.165) is 0 Å². The number of benzene rings is 1. The van der Waals surface area contributed by atoms with Crippen molar-refractivity contribution in [1.82, 2.24) is 20.2 Å². The quantitative estimate of drug-likeness (QED) is 0.774. The normalized spacial score (nSPS) is 10.5. The Kier molecular flexibility index (Phi) is 5.33. The van der Waals surface area contributed by atoms with Gasteiger partial charge in [0.25, 0.3) is 0 Å². The van der Waals surface area contributed by atoms with E-state index in [2.05, 4.69) is 20.8 Å². The first-order chi connectivity index (χ1) is 9.69. The summed E-state index contributed by atoms with van der Waals surface area (Å²) in [6, 6.07) is 6.85. The standard InChI is InChI=1S/C11H12ClN5O2S/c12-8-1-3-9(4-2-8)13-10(19)7-20-11-14-15-16-17(11)5-6-18/h1-4,18H,5-7H2,(H,13,19). The van der Waals surface area contributed by atoms with E-state index >= 15 is 0 Å². The smallest absolute Gasteiger partial charge is 0.234 e. The van der Waals surface area contributed by atoms with Crippen molar-refractivity contribution in [1.29, 1.82) is 0 Å². The molecule has 9 heteroatoms. The molecule has 1 heterocycles. The summed E-state index contributed by atoms with van der Waals surface area (Å²) >= 11 is 6.96. The van der Waals surface area contributed by atoms with Crippen LogP contribution in [0.1, 0.15) is 0 Å². The number of halogens is 1. The second-order valence-corrected chi connectivity index (χ2v) is 5.13. The van der Waals surface area contributed by atoms with Gasteiger partial charge < -0.3 is 10.4 Å². The molecule has 0 aliphatic heterocycles. The molecule has 0 radical (unpaired) electrons. The van der Waals surface area contributed by atoms with Gasteiger partial charge in [-0.15, -0.1) is 5.10 Å². The summed E-state index contributed by atoms with van der Waals surface area (Å²) in [5.41, 5.74) is 0.676. The van der Waals surface area contributed by atoms with Gasteiger partial charge in [-0.05, 0) is 34.7 Å². The van der Waals surface area contributed by atoms with E-state index in [1.165, 1.54) is 16.4 Å². The van der Waals surface area contributed by atoms with E-state index < -0.39 is 0 Å². The van der Waals surface area contributed by atoms with Gasteiger partial charge >= 0.3 is 0 Å². The minimum atomic E-state index is -0.170. The number of amides is 1. The molecule has 1 amide bonds. The summed E-state index contributed by atoms with van der Waals surface area (Å²) in [7, 11) is 0. The number of aliphatic hydroxyl groups excluding tert-OH is 1. The van der Waals surface area contributed by atoms with Crippen molar-refractivity contribution >= 4 is 35.0 Å². The zero-order valence-corrected chi connectivity index (χ0v) is 11.9. The maximum absolute atomic E-state index is 11.8. The van der Waals surface area contributed by atoms with E-state index in [1.54, 1.807) is 24.3 Å². The van der Waals surface area contributed by atoms with Crippen molar-refractivity contribution in [3.63, 3.8) is 0 Å². The third kappa shape index (κ3) is 4.19. The molecule has 0 aliphatic carbocycles. The molecule has 1 aromatic carbocycles. The summed E-state index contributed by atoms with van der Waals surface area (Å²) in [6.07, 6.45) is 0. The number of thioether (sulfide) groups is 1. The van der Waals surface area contributed by atoms with Crippen LogP contribution >= 0.6 is 23.4 Å². The highest BCUT2D eigenvalue weighted by molar-refractivity contribution is 7.99. The van der Waals surface area contributed by atoms with Crippen LogP contribution in [-0.4, -0.2) is 43.6 Å². The van der Waals surface area contributed by atoms with E-state index in [9.17, 15) is 4.79 Å². The number of nitrogens with zero attached hydrogens (tertiary/aromatic N) is 4. The fraction of sp³-hybridized carbons (Fsp3) is 0.273. The lowest BCUT2D eigenvalue weighted by atomic mass is 10.3. The molecule has 106 valence electrons. The molecule has 0 fully saturated rings. The number of tetrazole rings is 1. The molecule has 0 bridgehead atoms. The lowest BCUT2D eigenvalue weighted by Crippen LogP contribution is -2.15. The highest BCUT2D eigenvalue weighted by Gasteiger charge is 2.09. The minimum absolute atomic E-state index is 0.0599. The van der Waals surface area contributed by atoms with Gasteiger partial charge in [-0.1, -0.05) is 23.4 Å². The fourth-order valence-electron chi connectivity index (χ4n) is 1.40. The molecule has 1 aromatic heterocycles. The topological polar surface area (TPSA) is 92.9 Å². The first-order valence-electron chi connectivity index (χ1n) is 5.74. The van der Waals surface area contributed by atoms with Gasteiger partial charge in [-0.3, -0.25) is 4.79 Å². The fourth-order valence-corrected chi connectivity index (χ4v) is 2.22. The number of aromatic nitrogens is 4. The minimum Gasteiger partial charge on any atom is -0.394 e. The monoisotopic (exact) mass is 313 g/mol. The summed E-state index contributed by atoms with van der Waals surface area (Å²) in [5, 5.41) is 23.7. The molecular formula is C11H12ClN5O2S. The molecule has 7 nitrogen and oxygen atoms in total. The average Bonchev–Trinajstić information content (AvgIpc) is 2.87. The molecule has 2 aromatic rings. The van der Waals surface area contributed by atoms with Crippen LogP contribution in [0.5, 0.6) is 0 Å². The summed E-state index contributed by atoms with van der Waals surface area (Å²) in [5.74, 6) is 0.00454. The molecule has 0 atom stereocenters. The first-order valence-corrected chi connectivity index (χ1v) is 7.10. The number of hydrogen-bond acceptors (Lipinski definition) is 6. The number of hydrogen-bond donors (Lipinski definition) is 2. The van der Waals surface area contributed by atoms with Crippen molar-refractivity contribution in [3.8, 4) is 0 Å². The molecule has 0 saturated carbocycles. The van der Waals surface area contributed by atoms with Gasteiger partial charge in [0, 0.05) is 10.7 Å². The summed E-state index contributed by atoms with van der Waals surface area (Å²) < 4.78 is 1.44. The van der Waals surface area contributed by atoms with Crippen LogP contribution in [0.4, 0.5) is 5.69 Å². The molecule has 2 rings (SSSR count). The molecule has 0 spiro atoms. The van der Waals surface area contributed by atoms with Crippen molar-refractivity contribution in [3.05, 3.63) is 29.3 Å². The average molecular weight is 314 g/mol. The Labute approximate surface area is 124 Å². The Hall–Kier alpha value is -1.64. The lowest BCUT2D eigenvalue weighted by molar-refractivity contribution is -0.113. The van der Waals surface area contributed by atoms with Gasteiger partial charge in [-0.25, -0.2) is 4.68 Å². The van der Waals surface area contributed by atoms with Gasteiger partial charge in [0.2, 0.25) is 11.1 Å². The number of carbonyl (C=O) groups is 1. The van der Waals surface area contributed by atoms with Gasteiger partial charge in [0.1, 0.15) is 0 Å². The van der Waals surface area contributed by atoms with Crippen molar-refractivity contribution in [2.45, 2.75) is 11.7 Å². The maximum atomic E-state index is 11.8. The molecule has 0 unspecified atom stereocenters. The van der Waals surface area contributed by atoms with Crippen molar-refractivity contribution in [2.75, 3.05) is 17.7 Å². The first kappa shape index (κ1) is 14.8. The Bertz CT molecular complexity index is 574. The zero-order valence-electron chi connectivity index (χ0n) is 10.4. The summed E-state index contributed by atoms with van der Waals surface area (Å²) in [4.78, 5) is 11.8. The molecular weight excluding hydrogens is 302 g/mol. The van der Waals surface area contributed by atoms with Crippen molar-refractivity contribution in [2.24, 2.45) is 0 Å². The molecule has 2 N–H and O–H groups in total. The van der Waals surface area contributed by atoms with Crippen LogP contribution < -0.4 is 5.32 Å². The van der Waals surface area contributed by atoms with Crippen LogP contribution in [0.15, 0.2) is 29.4 Å². The van der Waals surface area contributed by atoms with Crippen molar-refractivity contribution < 1.29 is 9.90 Å². The summed E-state index contributed by atoms with van der Waals surface area (Å²) in [6.45, 7) is 0.240. The lowest BCUT2D eigenvalue weighted by Gasteiger charge is -2.05. The number of rotatable bonds is 6. The number of aliphatic hydroxyl groups is 1. The van der Waals surface area contributed by atoms with Gasteiger partial charge in [0.15, 0.2) is 0 Å². The van der Waals surface area contributed by atoms with Crippen LogP contribution in [0, 0.1) is 0 Å². The number of anilines is 1. The SMILES string of the molecule is O=C(CSc1nnnn1CCO)Nc1ccc(Cl)cc1. The highest BCUT2D eigenvalue weighted by atomic mass is 35.5. The van der Waals surface area contributed by atoms with E-state index in [0.29, 0.717) is 22.4 Å². The predicted octanol–water partition coefficient (Wildman–Crippen LogP) is 1.05. The molecule has 20 heavy (non-hydrogen) atoms. The van der Waals surface area contributed by atoms with E-state index in [4.69, 9.17) is 16.7 Å². The van der Waals surface area contributed by atoms with Crippen LogP contribution in [0.3, 0.4) is 0 Å². The second kappa shape index (κ2) is 7.22. The van der Waals surface area contributed by atoms with Crippen LogP contribution in [0.2, 0.25) is 5.02 Å². The maximum Gasteiger partial charge on any atom is 0.234 e. The third-order valence-corrected chi connectivity index (χ3v) is 3.48. The van der Waals surface area contributed by atoms with E-state index in [-0.39, 0.29) is 18.3 Å². The Balaban J connectivity index is 1.85. The molecule has 0 saturated heterocycles. The van der Waals surface area contributed by atoms with Crippen LogP contribution in [0.25, 0.3) is 0 Å². The Morgan fingerprint density at radius 1 is 1.40 bits per heavy atom. The highest BCUT2D eigenvalue weighted by Crippen LogP contribution is 2.16. The zero-order chi connectivity index (χ0) is 14.4. The van der Waals surface area contributed by atoms with Gasteiger partial charge in [0.05, 0.1) is 18.9 Å². The van der Waals surface area contributed by atoms with E-state index in [1.807, 2.05) is 0 Å². The Morgan fingerprint density at radius 2 is 2.15 bits per heavy atom. The largest absolute Gasteiger partial charge is 0.394 e. The Morgan fingerprint density at radius 3 is 2.85 bits per heavy atom. The van der Waals surface area contributed by atoms with Crippen LogP contribution in [-0.2, 0) is 11.3 Å². The van der Waals surface area contributed by atoms with Gasteiger partial charge in [-0.2, -0.15) is 0 Å². The third-order valence-electron chi connectivity index (χ3n) is 2.27. The number of nitrogens with one attached hydrogen (secondary N) is 1. The number of carbonyl (C=O) groups excluding carboxylic acids is 1. The predicted molar refractivity (Wildman–Crippen MR) is 75.7 cm³/mol.